The molecule has 0 saturated heterocycles. The van der Waals surface area contributed by atoms with Gasteiger partial charge < -0.3 is 14.8 Å². The summed E-state index contributed by atoms with van der Waals surface area (Å²) < 4.78 is 10.8. The molecule has 0 unspecified atom stereocenters. The van der Waals surface area contributed by atoms with E-state index in [1.807, 2.05) is 31.3 Å². The van der Waals surface area contributed by atoms with Gasteiger partial charge in [-0.15, -0.1) is 0 Å². The first kappa shape index (κ1) is 11.7. The number of hydrogen-bond donors (Lipinski definition) is 1. The summed E-state index contributed by atoms with van der Waals surface area (Å²) in [5.41, 5.74) is 0. The number of nitrogens with zero attached hydrogens (tertiary/aromatic N) is 1. The molecule has 1 aromatic heterocycles. The number of methoxy groups -OCH3 is 1. The van der Waals surface area contributed by atoms with Gasteiger partial charge in [-0.05, 0) is 36.7 Å². The lowest BCUT2D eigenvalue weighted by atomic mass is 10.1. The van der Waals surface area contributed by atoms with Gasteiger partial charge in [0.1, 0.15) is 12.4 Å². The minimum atomic E-state index is 0.606. The summed E-state index contributed by atoms with van der Waals surface area (Å²) in [6.45, 7) is 1.41. The first-order valence-corrected chi connectivity index (χ1v) is 5.55. The van der Waals surface area contributed by atoms with Crippen LogP contribution in [0.4, 0.5) is 0 Å². The molecule has 1 aromatic carbocycles. The molecule has 0 bridgehead atoms. The van der Waals surface area contributed by atoms with Gasteiger partial charge in [-0.25, -0.2) is 4.98 Å². The minimum Gasteiger partial charge on any atom is -0.497 e. The molecule has 4 nitrogen and oxygen atoms in total. The first-order chi connectivity index (χ1) is 8.35. The first-order valence-electron chi connectivity index (χ1n) is 5.55. The Morgan fingerprint density at radius 2 is 2.18 bits per heavy atom. The smallest absolute Gasteiger partial charge is 0.221 e. The van der Waals surface area contributed by atoms with E-state index in [1.165, 1.54) is 0 Å². The average Bonchev–Trinajstić information content (AvgIpc) is 2.38. The summed E-state index contributed by atoms with van der Waals surface area (Å²) in [6.07, 6.45) is 1.75. The maximum Gasteiger partial charge on any atom is 0.221 e. The molecule has 0 amide bonds. The number of fused-ring (bicyclic) bond motifs is 1. The van der Waals surface area contributed by atoms with Crippen molar-refractivity contribution in [3.63, 3.8) is 0 Å². The van der Waals surface area contributed by atoms with Crippen molar-refractivity contribution >= 4 is 10.8 Å². The number of hydrogen-bond acceptors (Lipinski definition) is 4. The van der Waals surface area contributed by atoms with Crippen LogP contribution in [0.2, 0.25) is 0 Å². The standard InChI is InChI=1S/C13H16N2O2/c1-14-7-8-17-13-12-4-3-11(16-2)9-10(12)5-6-15-13/h3-6,9,14H,7-8H2,1-2H3. The zero-order valence-electron chi connectivity index (χ0n) is 10.1. The maximum atomic E-state index is 5.62. The molecular weight excluding hydrogens is 216 g/mol. The Hall–Kier alpha value is -1.81. The SMILES string of the molecule is CNCCOc1nccc2cc(OC)ccc12. The Kier molecular flexibility index (Phi) is 3.77. The summed E-state index contributed by atoms with van der Waals surface area (Å²) in [5, 5.41) is 5.10. The Bertz CT molecular complexity index is 500. The molecule has 0 radical (unpaired) electrons. The fraction of sp³-hybridized carbons (Fsp3) is 0.308. The quantitative estimate of drug-likeness (QED) is 0.799. The van der Waals surface area contributed by atoms with E-state index in [0.29, 0.717) is 12.5 Å². The van der Waals surface area contributed by atoms with Crippen LogP contribution in [0.15, 0.2) is 30.5 Å². The highest BCUT2D eigenvalue weighted by atomic mass is 16.5. The summed E-state index contributed by atoms with van der Waals surface area (Å²) >= 11 is 0. The Morgan fingerprint density at radius 1 is 1.29 bits per heavy atom. The highest BCUT2D eigenvalue weighted by molar-refractivity contribution is 5.87. The van der Waals surface area contributed by atoms with E-state index in [9.17, 15) is 0 Å². The predicted octanol–water partition coefficient (Wildman–Crippen LogP) is 1.84. The third kappa shape index (κ3) is 2.65. The van der Waals surface area contributed by atoms with Crippen molar-refractivity contribution < 1.29 is 9.47 Å². The van der Waals surface area contributed by atoms with E-state index < -0.39 is 0 Å². The molecule has 2 aromatic rings. The van der Waals surface area contributed by atoms with E-state index in [4.69, 9.17) is 9.47 Å². The molecule has 0 fully saturated rings. The van der Waals surface area contributed by atoms with Crippen LogP contribution in [0.5, 0.6) is 11.6 Å². The number of ether oxygens (including phenoxy) is 2. The van der Waals surface area contributed by atoms with Crippen molar-refractivity contribution in [2.45, 2.75) is 0 Å². The molecule has 0 spiro atoms. The monoisotopic (exact) mass is 232 g/mol. The van der Waals surface area contributed by atoms with Gasteiger partial charge in [0, 0.05) is 18.1 Å². The van der Waals surface area contributed by atoms with E-state index in [2.05, 4.69) is 10.3 Å². The Labute approximate surface area is 101 Å². The van der Waals surface area contributed by atoms with Crippen LogP contribution in [0.1, 0.15) is 0 Å². The second kappa shape index (κ2) is 5.50. The van der Waals surface area contributed by atoms with Crippen LogP contribution < -0.4 is 14.8 Å². The molecule has 4 heteroatoms. The van der Waals surface area contributed by atoms with Gasteiger partial charge in [0.15, 0.2) is 0 Å². The number of benzene rings is 1. The molecule has 2 rings (SSSR count). The van der Waals surface area contributed by atoms with Crippen molar-refractivity contribution in [3.8, 4) is 11.6 Å². The van der Waals surface area contributed by atoms with E-state index in [0.717, 1.165) is 23.1 Å². The van der Waals surface area contributed by atoms with Gasteiger partial charge >= 0.3 is 0 Å². The lowest BCUT2D eigenvalue weighted by molar-refractivity contribution is 0.310. The molecule has 0 aliphatic carbocycles. The van der Waals surface area contributed by atoms with Crippen molar-refractivity contribution in [3.05, 3.63) is 30.5 Å². The zero-order chi connectivity index (χ0) is 12.1. The zero-order valence-corrected chi connectivity index (χ0v) is 10.1. The number of pyridine rings is 1. The molecule has 17 heavy (non-hydrogen) atoms. The number of likely N-dealkylation sites (N-methyl/N-ethyl adjacent to an activating group) is 1. The van der Waals surface area contributed by atoms with Gasteiger partial charge in [0.25, 0.3) is 0 Å². The summed E-state index contributed by atoms with van der Waals surface area (Å²) in [6, 6.07) is 7.80. The van der Waals surface area contributed by atoms with Crippen LogP contribution in [0, 0.1) is 0 Å². The lowest BCUT2D eigenvalue weighted by Crippen LogP contribution is -2.16. The third-order valence-corrected chi connectivity index (χ3v) is 2.53. The predicted molar refractivity (Wildman–Crippen MR) is 67.7 cm³/mol. The fourth-order valence-corrected chi connectivity index (χ4v) is 1.62. The van der Waals surface area contributed by atoms with Gasteiger partial charge in [0.05, 0.1) is 7.11 Å². The minimum absolute atomic E-state index is 0.606. The van der Waals surface area contributed by atoms with E-state index >= 15 is 0 Å². The molecule has 0 aliphatic rings. The van der Waals surface area contributed by atoms with Crippen LogP contribution in [0.3, 0.4) is 0 Å². The summed E-state index contributed by atoms with van der Waals surface area (Å²) in [4.78, 5) is 4.24. The molecule has 0 atom stereocenters. The second-order valence-corrected chi connectivity index (χ2v) is 3.66. The van der Waals surface area contributed by atoms with Gasteiger partial charge in [0.2, 0.25) is 5.88 Å². The van der Waals surface area contributed by atoms with Gasteiger partial charge in [-0.3, -0.25) is 0 Å². The summed E-state index contributed by atoms with van der Waals surface area (Å²) in [7, 11) is 3.55. The Balaban J connectivity index is 2.30. The number of aromatic nitrogens is 1. The fourth-order valence-electron chi connectivity index (χ4n) is 1.62. The van der Waals surface area contributed by atoms with Gasteiger partial charge in [-0.1, -0.05) is 0 Å². The maximum absolute atomic E-state index is 5.62. The second-order valence-electron chi connectivity index (χ2n) is 3.66. The topological polar surface area (TPSA) is 43.4 Å². The number of nitrogens with one attached hydrogen (secondary N) is 1. The normalized spacial score (nSPS) is 10.5. The van der Waals surface area contributed by atoms with Crippen LogP contribution in [-0.4, -0.2) is 32.3 Å². The van der Waals surface area contributed by atoms with Crippen molar-refractivity contribution in [1.29, 1.82) is 0 Å². The van der Waals surface area contributed by atoms with Gasteiger partial charge in [-0.2, -0.15) is 0 Å². The van der Waals surface area contributed by atoms with Crippen LogP contribution >= 0.6 is 0 Å². The van der Waals surface area contributed by atoms with E-state index in [1.54, 1.807) is 13.3 Å². The van der Waals surface area contributed by atoms with E-state index in [-0.39, 0.29) is 0 Å². The molecular formula is C13H16N2O2. The third-order valence-electron chi connectivity index (χ3n) is 2.53. The van der Waals surface area contributed by atoms with Crippen molar-refractivity contribution in [2.24, 2.45) is 0 Å². The van der Waals surface area contributed by atoms with Crippen molar-refractivity contribution in [1.82, 2.24) is 10.3 Å². The summed E-state index contributed by atoms with van der Waals surface area (Å²) in [5.74, 6) is 1.50. The molecule has 90 valence electrons. The van der Waals surface area contributed by atoms with Crippen LogP contribution in [0.25, 0.3) is 10.8 Å². The number of rotatable bonds is 5. The molecule has 0 aliphatic heterocycles. The van der Waals surface area contributed by atoms with Crippen LogP contribution in [-0.2, 0) is 0 Å². The molecule has 1 heterocycles. The highest BCUT2D eigenvalue weighted by Crippen LogP contribution is 2.26. The lowest BCUT2D eigenvalue weighted by Gasteiger charge is -2.08. The average molecular weight is 232 g/mol. The highest BCUT2D eigenvalue weighted by Gasteiger charge is 2.04. The molecule has 1 N–H and O–H groups in total. The Morgan fingerprint density at radius 3 is 2.94 bits per heavy atom. The molecule has 0 saturated carbocycles. The largest absolute Gasteiger partial charge is 0.497 e. The van der Waals surface area contributed by atoms with Crippen molar-refractivity contribution in [2.75, 3.05) is 27.3 Å².